The number of piperazine rings is 1. The minimum absolute atomic E-state index is 0. The summed E-state index contributed by atoms with van der Waals surface area (Å²) in [5, 5.41) is 0.737. The molecule has 1 amide bonds. The van der Waals surface area contributed by atoms with E-state index in [9.17, 15) is 4.79 Å². The summed E-state index contributed by atoms with van der Waals surface area (Å²) in [6.07, 6.45) is 0. The normalized spacial score (nSPS) is 16.0. The Morgan fingerprint density at radius 1 is 0.963 bits per heavy atom. The highest BCUT2D eigenvalue weighted by Gasteiger charge is 2.29. The third-order valence-electron chi connectivity index (χ3n) is 4.90. The van der Waals surface area contributed by atoms with Crippen LogP contribution in [0.3, 0.4) is 0 Å². The van der Waals surface area contributed by atoms with Crippen LogP contribution < -0.4 is 10.6 Å². The van der Waals surface area contributed by atoms with E-state index in [1.165, 1.54) is 0 Å². The van der Waals surface area contributed by atoms with Gasteiger partial charge in [-0.25, -0.2) is 0 Å². The molecular formula is C20H26Cl3N3O. The first-order chi connectivity index (χ1) is 12.1. The van der Waals surface area contributed by atoms with Crippen LogP contribution >= 0.6 is 36.4 Å². The Morgan fingerprint density at radius 2 is 1.52 bits per heavy atom. The van der Waals surface area contributed by atoms with Crippen molar-refractivity contribution in [2.75, 3.05) is 31.1 Å². The number of amides is 1. The largest absolute Gasteiger partial charge is 0.368 e. The first-order valence-electron chi connectivity index (χ1n) is 8.66. The molecule has 2 aromatic rings. The molecule has 27 heavy (non-hydrogen) atoms. The van der Waals surface area contributed by atoms with Gasteiger partial charge in [0.05, 0.1) is 5.92 Å². The molecule has 3 rings (SSSR count). The van der Waals surface area contributed by atoms with Gasteiger partial charge in [0, 0.05) is 42.9 Å². The lowest BCUT2D eigenvalue weighted by Gasteiger charge is -2.38. The Bertz CT molecular complexity index is 704. The SMILES string of the molecule is CC(C(=O)N1CCN(c2ccc(Cl)cc2)CC1)C(N)c1ccccc1.Cl.Cl. The molecule has 4 nitrogen and oxygen atoms in total. The third-order valence-corrected chi connectivity index (χ3v) is 5.15. The number of hydrogen-bond donors (Lipinski definition) is 1. The van der Waals surface area contributed by atoms with Gasteiger partial charge in [-0.1, -0.05) is 48.9 Å². The van der Waals surface area contributed by atoms with Crippen molar-refractivity contribution >= 4 is 48.0 Å². The predicted molar refractivity (Wildman–Crippen MR) is 117 cm³/mol. The zero-order chi connectivity index (χ0) is 17.8. The third kappa shape index (κ3) is 5.76. The van der Waals surface area contributed by atoms with Gasteiger partial charge in [0.15, 0.2) is 0 Å². The maximum Gasteiger partial charge on any atom is 0.227 e. The summed E-state index contributed by atoms with van der Waals surface area (Å²) in [5.41, 5.74) is 8.46. The van der Waals surface area contributed by atoms with Crippen molar-refractivity contribution in [2.24, 2.45) is 11.7 Å². The predicted octanol–water partition coefficient (Wildman–Crippen LogP) is 4.17. The van der Waals surface area contributed by atoms with Gasteiger partial charge < -0.3 is 15.5 Å². The molecule has 1 heterocycles. The van der Waals surface area contributed by atoms with Crippen molar-refractivity contribution in [3.05, 3.63) is 65.2 Å². The molecule has 0 saturated carbocycles. The molecule has 2 aromatic carbocycles. The molecule has 7 heteroatoms. The maximum absolute atomic E-state index is 12.8. The monoisotopic (exact) mass is 429 g/mol. The molecule has 0 radical (unpaired) electrons. The van der Waals surface area contributed by atoms with E-state index in [0.29, 0.717) is 13.1 Å². The summed E-state index contributed by atoms with van der Waals surface area (Å²) in [4.78, 5) is 17.0. The minimum Gasteiger partial charge on any atom is -0.368 e. The number of halogens is 3. The lowest BCUT2D eigenvalue weighted by molar-refractivity contribution is -0.136. The van der Waals surface area contributed by atoms with Crippen molar-refractivity contribution < 1.29 is 4.79 Å². The molecular weight excluding hydrogens is 405 g/mol. The van der Waals surface area contributed by atoms with Gasteiger partial charge in [0.1, 0.15) is 0 Å². The quantitative estimate of drug-likeness (QED) is 0.792. The lowest BCUT2D eigenvalue weighted by atomic mass is 9.94. The summed E-state index contributed by atoms with van der Waals surface area (Å²) in [6, 6.07) is 17.4. The molecule has 0 spiro atoms. The molecule has 0 bridgehead atoms. The fourth-order valence-electron chi connectivity index (χ4n) is 3.24. The Labute approximate surface area is 178 Å². The number of nitrogens with zero attached hydrogens (tertiary/aromatic N) is 2. The number of anilines is 1. The van der Waals surface area contributed by atoms with Crippen molar-refractivity contribution in [3.8, 4) is 0 Å². The molecule has 1 saturated heterocycles. The van der Waals surface area contributed by atoms with Crippen LogP contribution in [0.25, 0.3) is 0 Å². The average Bonchev–Trinajstić information content (AvgIpc) is 2.67. The summed E-state index contributed by atoms with van der Waals surface area (Å²) in [6.45, 7) is 4.99. The highest BCUT2D eigenvalue weighted by atomic mass is 35.5. The van der Waals surface area contributed by atoms with Gasteiger partial charge in [-0.15, -0.1) is 24.8 Å². The van der Waals surface area contributed by atoms with Crippen LogP contribution in [0.4, 0.5) is 5.69 Å². The number of carbonyl (C=O) groups excluding carboxylic acids is 1. The number of benzene rings is 2. The van der Waals surface area contributed by atoms with E-state index in [2.05, 4.69) is 4.90 Å². The zero-order valence-corrected chi connectivity index (χ0v) is 17.6. The van der Waals surface area contributed by atoms with Gasteiger partial charge in [-0.05, 0) is 29.8 Å². The van der Waals surface area contributed by atoms with Gasteiger partial charge in [-0.3, -0.25) is 4.79 Å². The van der Waals surface area contributed by atoms with E-state index >= 15 is 0 Å². The average molecular weight is 431 g/mol. The molecule has 1 aliphatic rings. The van der Waals surface area contributed by atoms with Gasteiger partial charge in [0.25, 0.3) is 0 Å². The Kier molecular flexibility index (Phi) is 9.40. The van der Waals surface area contributed by atoms with Crippen molar-refractivity contribution in [1.29, 1.82) is 0 Å². The number of hydrogen-bond acceptors (Lipinski definition) is 3. The zero-order valence-electron chi connectivity index (χ0n) is 15.3. The fraction of sp³-hybridized carbons (Fsp3) is 0.350. The summed E-state index contributed by atoms with van der Waals surface area (Å²) >= 11 is 5.95. The first kappa shape index (κ1) is 23.6. The van der Waals surface area contributed by atoms with E-state index < -0.39 is 0 Å². The summed E-state index contributed by atoms with van der Waals surface area (Å²) in [7, 11) is 0. The van der Waals surface area contributed by atoms with Crippen LogP contribution in [-0.4, -0.2) is 37.0 Å². The minimum atomic E-state index is -0.275. The second-order valence-electron chi connectivity index (χ2n) is 6.51. The van der Waals surface area contributed by atoms with Crippen LogP contribution in [0.1, 0.15) is 18.5 Å². The van der Waals surface area contributed by atoms with Crippen LogP contribution in [0.15, 0.2) is 54.6 Å². The second-order valence-corrected chi connectivity index (χ2v) is 6.95. The highest BCUT2D eigenvalue weighted by Crippen LogP contribution is 2.23. The van der Waals surface area contributed by atoms with Crippen LogP contribution in [-0.2, 0) is 4.79 Å². The molecule has 2 N–H and O–H groups in total. The molecule has 1 fully saturated rings. The van der Waals surface area contributed by atoms with Gasteiger partial charge in [-0.2, -0.15) is 0 Å². The highest BCUT2D eigenvalue weighted by molar-refractivity contribution is 6.30. The number of rotatable bonds is 4. The molecule has 2 atom stereocenters. The van der Waals surface area contributed by atoms with Crippen LogP contribution in [0.5, 0.6) is 0 Å². The molecule has 148 valence electrons. The van der Waals surface area contributed by atoms with Crippen molar-refractivity contribution in [3.63, 3.8) is 0 Å². The molecule has 0 aliphatic carbocycles. The van der Waals surface area contributed by atoms with Gasteiger partial charge in [0.2, 0.25) is 5.91 Å². The van der Waals surface area contributed by atoms with Gasteiger partial charge >= 0.3 is 0 Å². The van der Waals surface area contributed by atoms with E-state index in [1.54, 1.807) is 0 Å². The van der Waals surface area contributed by atoms with Crippen LogP contribution in [0, 0.1) is 5.92 Å². The number of nitrogens with two attached hydrogens (primary N) is 1. The molecule has 2 unspecified atom stereocenters. The van der Waals surface area contributed by atoms with Crippen molar-refractivity contribution in [2.45, 2.75) is 13.0 Å². The van der Waals surface area contributed by atoms with Crippen molar-refractivity contribution in [1.82, 2.24) is 4.90 Å². The lowest BCUT2D eigenvalue weighted by Crippen LogP contribution is -2.51. The Morgan fingerprint density at radius 3 is 2.07 bits per heavy atom. The summed E-state index contributed by atoms with van der Waals surface area (Å²) < 4.78 is 0. The van der Waals surface area contributed by atoms with Crippen LogP contribution in [0.2, 0.25) is 5.02 Å². The topological polar surface area (TPSA) is 49.6 Å². The second kappa shape index (κ2) is 10.8. The molecule has 1 aliphatic heterocycles. The maximum atomic E-state index is 12.8. The summed E-state index contributed by atoms with van der Waals surface area (Å²) in [5.74, 6) is -0.100. The van der Waals surface area contributed by atoms with E-state index in [4.69, 9.17) is 17.3 Å². The fourth-order valence-corrected chi connectivity index (χ4v) is 3.37. The number of carbonyl (C=O) groups is 1. The molecule has 0 aromatic heterocycles. The Balaban J connectivity index is 0.00000182. The van der Waals surface area contributed by atoms with E-state index in [1.807, 2.05) is 66.4 Å². The standard InChI is InChI=1S/C20H24ClN3O.2ClH/c1-15(19(22)16-5-3-2-4-6-16)20(25)24-13-11-23(12-14-24)18-9-7-17(21)8-10-18;;/h2-10,15,19H,11-14,22H2,1H3;2*1H. The smallest absolute Gasteiger partial charge is 0.227 e. The Hall–Kier alpha value is -1.46. The first-order valence-corrected chi connectivity index (χ1v) is 9.04. The van der Waals surface area contributed by atoms with E-state index in [0.717, 1.165) is 29.4 Å². The van der Waals surface area contributed by atoms with E-state index in [-0.39, 0.29) is 42.7 Å².